The van der Waals surface area contributed by atoms with Gasteiger partial charge >= 0.3 is 11.7 Å². The maximum atomic E-state index is 11.5. The number of amides is 1. The first-order chi connectivity index (χ1) is 9.33. The fourth-order valence-electron chi connectivity index (χ4n) is 1.55. The minimum Gasteiger partial charge on any atom is -0.464 e. The third-order valence-electron chi connectivity index (χ3n) is 2.55. The van der Waals surface area contributed by atoms with Gasteiger partial charge in [0.05, 0.1) is 24.7 Å². The van der Waals surface area contributed by atoms with Crippen LogP contribution in [0, 0.1) is 10.1 Å². The Bertz CT molecular complexity index is 552. The van der Waals surface area contributed by atoms with E-state index in [0.717, 1.165) is 11.8 Å². The topological polar surface area (TPSA) is 140 Å². The Kier molecular flexibility index (Phi) is 4.75. The summed E-state index contributed by atoms with van der Waals surface area (Å²) >= 11 is 0. The minimum absolute atomic E-state index is 0.0204. The van der Waals surface area contributed by atoms with Gasteiger partial charge in [-0.25, -0.2) is 4.79 Å². The van der Waals surface area contributed by atoms with Crippen molar-refractivity contribution in [3.63, 3.8) is 0 Å². The van der Waals surface area contributed by atoms with Crippen LogP contribution in [-0.4, -0.2) is 46.9 Å². The van der Waals surface area contributed by atoms with E-state index in [1.807, 2.05) is 0 Å². The van der Waals surface area contributed by atoms with E-state index in [1.165, 1.54) is 7.11 Å². The van der Waals surface area contributed by atoms with Crippen molar-refractivity contribution in [3.05, 3.63) is 21.5 Å². The van der Waals surface area contributed by atoms with Gasteiger partial charge in [-0.3, -0.25) is 19.6 Å². The molecule has 10 heteroatoms. The van der Waals surface area contributed by atoms with Crippen molar-refractivity contribution in [1.82, 2.24) is 9.78 Å². The molecule has 1 atom stereocenters. The Morgan fingerprint density at radius 1 is 1.50 bits per heavy atom. The highest BCUT2D eigenvalue weighted by atomic mass is 16.6. The summed E-state index contributed by atoms with van der Waals surface area (Å²) in [6, 6.07) is 0. The SMILES string of the molecule is COC(=O)c1nn(CC(C)OC)c(C(N)=O)c1[N+](=O)[O-]. The van der Waals surface area contributed by atoms with Crippen LogP contribution in [0.25, 0.3) is 0 Å². The Morgan fingerprint density at radius 3 is 2.50 bits per heavy atom. The average molecular weight is 286 g/mol. The number of hydrogen-bond donors (Lipinski definition) is 1. The van der Waals surface area contributed by atoms with Crippen molar-refractivity contribution in [3.8, 4) is 0 Å². The van der Waals surface area contributed by atoms with Crippen molar-refractivity contribution < 1.29 is 24.0 Å². The van der Waals surface area contributed by atoms with E-state index in [-0.39, 0.29) is 6.54 Å². The number of esters is 1. The van der Waals surface area contributed by atoms with Crippen molar-refractivity contribution in [2.75, 3.05) is 14.2 Å². The molecule has 1 unspecified atom stereocenters. The van der Waals surface area contributed by atoms with Gasteiger partial charge in [0, 0.05) is 7.11 Å². The summed E-state index contributed by atoms with van der Waals surface area (Å²) < 4.78 is 10.4. The fourth-order valence-corrected chi connectivity index (χ4v) is 1.55. The van der Waals surface area contributed by atoms with Crippen LogP contribution in [0.5, 0.6) is 0 Å². The molecule has 20 heavy (non-hydrogen) atoms. The van der Waals surface area contributed by atoms with Gasteiger partial charge in [-0.1, -0.05) is 0 Å². The van der Waals surface area contributed by atoms with Crippen LogP contribution in [0.2, 0.25) is 0 Å². The zero-order chi connectivity index (χ0) is 15.4. The number of ether oxygens (including phenoxy) is 2. The summed E-state index contributed by atoms with van der Waals surface area (Å²) in [5, 5.41) is 14.8. The molecule has 1 rings (SSSR count). The zero-order valence-corrected chi connectivity index (χ0v) is 11.2. The van der Waals surface area contributed by atoms with Crippen LogP contribution in [0.15, 0.2) is 0 Å². The summed E-state index contributed by atoms with van der Waals surface area (Å²) in [5.74, 6) is -2.09. The molecular weight excluding hydrogens is 272 g/mol. The van der Waals surface area contributed by atoms with E-state index in [1.54, 1.807) is 6.92 Å². The highest BCUT2D eigenvalue weighted by Gasteiger charge is 2.35. The second kappa shape index (κ2) is 6.10. The molecule has 0 bridgehead atoms. The van der Waals surface area contributed by atoms with Crippen LogP contribution in [0.4, 0.5) is 5.69 Å². The van der Waals surface area contributed by atoms with E-state index in [4.69, 9.17) is 10.5 Å². The van der Waals surface area contributed by atoms with Gasteiger partial charge in [0.15, 0.2) is 0 Å². The van der Waals surface area contributed by atoms with E-state index < -0.39 is 40.0 Å². The molecule has 1 amide bonds. The van der Waals surface area contributed by atoms with Crippen LogP contribution in [0.1, 0.15) is 27.9 Å². The van der Waals surface area contributed by atoms with Gasteiger partial charge in [-0.15, -0.1) is 0 Å². The molecule has 0 fully saturated rings. The molecule has 1 aromatic heterocycles. The lowest BCUT2D eigenvalue weighted by molar-refractivity contribution is -0.385. The highest BCUT2D eigenvalue weighted by Crippen LogP contribution is 2.24. The predicted molar refractivity (Wildman–Crippen MR) is 65.2 cm³/mol. The third-order valence-corrected chi connectivity index (χ3v) is 2.55. The van der Waals surface area contributed by atoms with Crippen molar-refractivity contribution in [2.45, 2.75) is 19.6 Å². The molecule has 0 aromatic carbocycles. The van der Waals surface area contributed by atoms with E-state index in [9.17, 15) is 19.7 Å². The number of hydrogen-bond acceptors (Lipinski definition) is 7. The van der Waals surface area contributed by atoms with E-state index in [0.29, 0.717) is 0 Å². The van der Waals surface area contributed by atoms with Crippen LogP contribution >= 0.6 is 0 Å². The Hall–Kier alpha value is -2.49. The fraction of sp³-hybridized carbons (Fsp3) is 0.500. The average Bonchev–Trinajstić information content (AvgIpc) is 2.77. The molecule has 0 aliphatic carbocycles. The molecule has 0 saturated carbocycles. The number of carbonyl (C=O) groups is 2. The second-order valence-electron chi connectivity index (χ2n) is 3.89. The number of nitrogens with two attached hydrogens (primary N) is 1. The first kappa shape index (κ1) is 15.6. The Labute approximate surface area is 113 Å². The predicted octanol–water partition coefficient (Wildman–Crippen LogP) is -0.288. The number of primary amides is 1. The lowest BCUT2D eigenvalue weighted by Crippen LogP contribution is -2.23. The van der Waals surface area contributed by atoms with Gasteiger partial charge in [-0.05, 0) is 6.92 Å². The molecule has 2 N–H and O–H groups in total. The standard InChI is InChI=1S/C10H14N4O6/c1-5(19-2)4-13-8(9(11)15)7(14(17)18)6(12-13)10(16)20-3/h5H,4H2,1-3H3,(H2,11,15). The summed E-state index contributed by atoms with van der Waals surface area (Å²) in [6.45, 7) is 1.68. The number of nitro groups is 1. The summed E-state index contributed by atoms with van der Waals surface area (Å²) in [7, 11) is 2.47. The normalized spacial score (nSPS) is 11.9. The molecule has 0 aliphatic rings. The lowest BCUT2D eigenvalue weighted by atomic mass is 10.2. The van der Waals surface area contributed by atoms with Crippen LogP contribution < -0.4 is 5.73 Å². The highest BCUT2D eigenvalue weighted by molar-refractivity contribution is 6.01. The van der Waals surface area contributed by atoms with Crippen molar-refractivity contribution in [1.29, 1.82) is 0 Å². The first-order valence-electron chi connectivity index (χ1n) is 5.49. The molecular formula is C10H14N4O6. The van der Waals surface area contributed by atoms with Gasteiger partial charge in [0.1, 0.15) is 0 Å². The van der Waals surface area contributed by atoms with E-state index in [2.05, 4.69) is 9.84 Å². The molecule has 0 aliphatic heterocycles. The quantitative estimate of drug-likeness (QED) is 0.430. The van der Waals surface area contributed by atoms with Gasteiger partial charge < -0.3 is 15.2 Å². The first-order valence-corrected chi connectivity index (χ1v) is 5.49. The second-order valence-corrected chi connectivity index (χ2v) is 3.89. The number of nitrogens with zero attached hydrogens (tertiary/aromatic N) is 3. The lowest BCUT2D eigenvalue weighted by Gasteiger charge is -2.10. The molecule has 0 radical (unpaired) electrons. The maximum Gasteiger partial charge on any atom is 0.365 e. The monoisotopic (exact) mass is 286 g/mol. The number of methoxy groups -OCH3 is 2. The Balaban J connectivity index is 3.48. The largest absolute Gasteiger partial charge is 0.464 e. The maximum absolute atomic E-state index is 11.5. The van der Waals surface area contributed by atoms with Crippen molar-refractivity contribution >= 4 is 17.6 Å². The van der Waals surface area contributed by atoms with Gasteiger partial charge in [-0.2, -0.15) is 5.10 Å². The molecule has 0 spiro atoms. The third kappa shape index (κ3) is 2.91. The van der Waals surface area contributed by atoms with Crippen molar-refractivity contribution in [2.24, 2.45) is 5.73 Å². The van der Waals surface area contributed by atoms with Gasteiger partial charge in [0.25, 0.3) is 5.91 Å². The number of carbonyl (C=O) groups excluding carboxylic acids is 2. The number of rotatable bonds is 6. The Morgan fingerprint density at radius 2 is 2.10 bits per heavy atom. The molecule has 10 nitrogen and oxygen atoms in total. The molecule has 1 aromatic rings. The van der Waals surface area contributed by atoms with Crippen LogP contribution in [0.3, 0.4) is 0 Å². The smallest absolute Gasteiger partial charge is 0.365 e. The van der Waals surface area contributed by atoms with E-state index >= 15 is 0 Å². The van der Waals surface area contributed by atoms with Crippen LogP contribution in [-0.2, 0) is 16.0 Å². The zero-order valence-electron chi connectivity index (χ0n) is 11.2. The summed E-state index contributed by atoms with van der Waals surface area (Å²) in [6.07, 6.45) is -0.391. The minimum atomic E-state index is -1.07. The molecule has 1 heterocycles. The summed E-state index contributed by atoms with van der Waals surface area (Å²) in [4.78, 5) is 33.0. The molecule has 110 valence electrons. The number of aromatic nitrogens is 2. The van der Waals surface area contributed by atoms with Gasteiger partial charge in [0.2, 0.25) is 11.4 Å². The summed E-state index contributed by atoms with van der Waals surface area (Å²) in [5.41, 5.74) is 3.31. The molecule has 0 saturated heterocycles.